The Hall–Kier alpha value is -2.53. The van der Waals surface area contributed by atoms with Gasteiger partial charge in [-0.3, -0.25) is 0 Å². The lowest BCUT2D eigenvalue weighted by Crippen LogP contribution is -2.30. The number of nitrogens with one attached hydrogen (secondary N) is 2. The number of para-hydroxylation sites is 2. The van der Waals surface area contributed by atoms with Crippen LogP contribution >= 0.6 is 0 Å². The third-order valence-corrected chi connectivity index (χ3v) is 3.96. The van der Waals surface area contributed by atoms with Crippen LogP contribution in [0.2, 0.25) is 0 Å². The Labute approximate surface area is 149 Å². The number of aliphatic hydroxyl groups is 1. The van der Waals surface area contributed by atoms with Gasteiger partial charge in [-0.05, 0) is 43.4 Å². The van der Waals surface area contributed by atoms with Gasteiger partial charge in [0.1, 0.15) is 5.75 Å². The fourth-order valence-corrected chi connectivity index (χ4v) is 2.74. The molecule has 0 fully saturated rings. The molecule has 0 aliphatic heterocycles. The summed E-state index contributed by atoms with van der Waals surface area (Å²) >= 11 is 0. The first-order chi connectivity index (χ1) is 12.2. The minimum Gasteiger partial charge on any atom is -0.492 e. The van der Waals surface area contributed by atoms with Gasteiger partial charge in [0.05, 0.1) is 12.3 Å². The van der Waals surface area contributed by atoms with Crippen LogP contribution in [0.5, 0.6) is 5.75 Å². The third-order valence-electron chi connectivity index (χ3n) is 3.96. The highest BCUT2D eigenvalue weighted by Crippen LogP contribution is 2.24. The Balaban J connectivity index is 1.85. The molecule has 2 aromatic carbocycles. The van der Waals surface area contributed by atoms with Crippen molar-refractivity contribution in [3.05, 3.63) is 60.2 Å². The Morgan fingerprint density at radius 2 is 1.80 bits per heavy atom. The largest absolute Gasteiger partial charge is 0.492 e. The normalized spacial score (nSPS) is 11.6. The zero-order chi connectivity index (χ0) is 17.9. The van der Waals surface area contributed by atoms with Crippen LogP contribution in [0.15, 0.2) is 54.6 Å². The number of aliphatic hydroxyl groups excluding tert-OH is 1. The fraction of sp³-hybridized carbons (Fsp3) is 0.350. The van der Waals surface area contributed by atoms with Gasteiger partial charge in [0.2, 0.25) is 0 Å². The van der Waals surface area contributed by atoms with E-state index in [1.807, 2.05) is 49.4 Å². The lowest BCUT2D eigenvalue weighted by atomic mass is 9.93. The lowest BCUT2D eigenvalue weighted by molar-refractivity contribution is 0.250. The van der Waals surface area contributed by atoms with Gasteiger partial charge in [0.15, 0.2) is 0 Å². The second kappa shape index (κ2) is 10.4. The number of benzene rings is 2. The Bertz CT molecular complexity index is 646. The molecule has 0 saturated carbocycles. The average molecular weight is 342 g/mol. The molecule has 2 amide bonds. The Kier molecular flexibility index (Phi) is 7.79. The van der Waals surface area contributed by atoms with E-state index in [0.29, 0.717) is 31.0 Å². The number of anilines is 1. The number of amides is 2. The monoisotopic (exact) mass is 342 g/mol. The van der Waals surface area contributed by atoms with E-state index in [-0.39, 0.29) is 18.6 Å². The highest BCUT2D eigenvalue weighted by Gasteiger charge is 2.12. The van der Waals surface area contributed by atoms with Gasteiger partial charge in [-0.1, -0.05) is 42.5 Å². The zero-order valence-electron chi connectivity index (χ0n) is 14.6. The predicted octanol–water partition coefficient (Wildman–Crippen LogP) is 3.76. The Morgan fingerprint density at radius 1 is 1.08 bits per heavy atom. The summed E-state index contributed by atoms with van der Waals surface area (Å²) in [5.74, 6) is 0.879. The van der Waals surface area contributed by atoms with Crippen molar-refractivity contribution in [2.24, 2.45) is 0 Å². The minimum atomic E-state index is -0.261. The molecule has 0 aliphatic carbocycles. The van der Waals surface area contributed by atoms with Crippen LogP contribution < -0.4 is 15.4 Å². The number of hydrogen-bond donors (Lipinski definition) is 3. The zero-order valence-corrected chi connectivity index (χ0v) is 14.6. The Morgan fingerprint density at radius 3 is 2.52 bits per heavy atom. The van der Waals surface area contributed by atoms with Gasteiger partial charge < -0.3 is 20.5 Å². The first-order valence-electron chi connectivity index (χ1n) is 8.67. The molecular weight excluding hydrogens is 316 g/mol. The van der Waals surface area contributed by atoms with E-state index < -0.39 is 0 Å². The number of carbonyl (C=O) groups is 1. The number of rotatable bonds is 9. The molecule has 2 rings (SSSR count). The van der Waals surface area contributed by atoms with Gasteiger partial charge in [-0.25, -0.2) is 4.79 Å². The van der Waals surface area contributed by atoms with Gasteiger partial charge in [-0.15, -0.1) is 0 Å². The molecule has 1 atom stereocenters. The number of urea groups is 1. The van der Waals surface area contributed by atoms with Crippen LogP contribution in [0.3, 0.4) is 0 Å². The molecule has 0 aliphatic rings. The van der Waals surface area contributed by atoms with E-state index in [9.17, 15) is 9.90 Å². The van der Waals surface area contributed by atoms with E-state index in [1.54, 1.807) is 0 Å². The molecule has 2 aromatic rings. The van der Waals surface area contributed by atoms with E-state index >= 15 is 0 Å². The van der Waals surface area contributed by atoms with Crippen LogP contribution in [0.4, 0.5) is 10.5 Å². The van der Waals surface area contributed by atoms with Crippen molar-refractivity contribution in [2.45, 2.75) is 25.7 Å². The van der Waals surface area contributed by atoms with Gasteiger partial charge in [0, 0.05) is 13.2 Å². The molecule has 25 heavy (non-hydrogen) atoms. The highest BCUT2D eigenvalue weighted by molar-refractivity contribution is 5.90. The first-order valence-corrected chi connectivity index (χ1v) is 8.67. The first kappa shape index (κ1) is 18.8. The second-order valence-electron chi connectivity index (χ2n) is 5.72. The summed E-state index contributed by atoms with van der Waals surface area (Å²) in [6, 6.07) is 17.2. The van der Waals surface area contributed by atoms with Gasteiger partial charge in [-0.2, -0.15) is 0 Å². The van der Waals surface area contributed by atoms with E-state index in [4.69, 9.17) is 4.74 Å². The average Bonchev–Trinajstić information content (AvgIpc) is 2.63. The van der Waals surface area contributed by atoms with Crippen molar-refractivity contribution in [2.75, 3.05) is 25.1 Å². The molecule has 0 saturated heterocycles. The summed E-state index contributed by atoms with van der Waals surface area (Å²) in [5, 5.41) is 15.0. The molecule has 5 nitrogen and oxygen atoms in total. The summed E-state index contributed by atoms with van der Waals surface area (Å²) < 4.78 is 5.50. The topological polar surface area (TPSA) is 70.6 Å². The molecule has 134 valence electrons. The van der Waals surface area contributed by atoms with Crippen LogP contribution in [0, 0.1) is 0 Å². The van der Waals surface area contributed by atoms with Crippen molar-refractivity contribution < 1.29 is 14.6 Å². The van der Waals surface area contributed by atoms with E-state index in [0.717, 1.165) is 6.42 Å². The summed E-state index contributed by atoms with van der Waals surface area (Å²) in [6.45, 7) is 3.11. The molecule has 0 bridgehead atoms. The minimum absolute atomic E-state index is 0.132. The van der Waals surface area contributed by atoms with Crippen LogP contribution in [-0.4, -0.2) is 30.9 Å². The number of carbonyl (C=O) groups excluding carboxylic acids is 1. The molecule has 0 radical (unpaired) electrons. The second-order valence-corrected chi connectivity index (χ2v) is 5.72. The molecule has 3 N–H and O–H groups in total. The van der Waals surface area contributed by atoms with Crippen LogP contribution in [-0.2, 0) is 0 Å². The van der Waals surface area contributed by atoms with Gasteiger partial charge >= 0.3 is 6.03 Å². The quantitative estimate of drug-likeness (QED) is 0.650. The molecule has 0 aromatic heterocycles. The maximum absolute atomic E-state index is 12.1. The van der Waals surface area contributed by atoms with Crippen molar-refractivity contribution >= 4 is 11.7 Å². The molecule has 0 heterocycles. The highest BCUT2D eigenvalue weighted by atomic mass is 16.5. The summed E-state index contributed by atoms with van der Waals surface area (Å²) in [5.41, 5.74) is 1.83. The number of hydrogen-bond acceptors (Lipinski definition) is 3. The molecular formula is C20H26N2O3. The van der Waals surface area contributed by atoms with Gasteiger partial charge in [0.25, 0.3) is 0 Å². The van der Waals surface area contributed by atoms with Crippen molar-refractivity contribution in [3.63, 3.8) is 0 Å². The third kappa shape index (κ3) is 6.12. The van der Waals surface area contributed by atoms with Crippen molar-refractivity contribution in [3.8, 4) is 5.75 Å². The maximum atomic E-state index is 12.1. The molecule has 0 spiro atoms. The smallest absolute Gasteiger partial charge is 0.319 e. The SMILES string of the molecule is CCOc1ccccc1NC(=O)NCC[C@@H](CCO)c1ccccc1. The van der Waals surface area contributed by atoms with Crippen molar-refractivity contribution in [1.82, 2.24) is 5.32 Å². The summed E-state index contributed by atoms with van der Waals surface area (Å²) in [4.78, 5) is 12.1. The fourth-order valence-electron chi connectivity index (χ4n) is 2.74. The summed E-state index contributed by atoms with van der Waals surface area (Å²) in [7, 11) is 0. The molecule has 0 unspecified atom stereocenters. The number of ether oxygens (including phenoxy) is 1. The summed E-state index contributed by atoms with van der Waals surface area (Å²) in [6.07, 6.45) is 1.45. The maximum Gasteiger partial charge on any atom is 0.319 e. The van der Waals surface area contributed by atoms with E-state index in [2.05, 4.69) is 22.8 Å². The van der Waals surface area contributed by atoms with Crippen molar-refractivity contribution in [1.29, 1.82) is 0 Å². The van der Waals surface area contributed by atoms with Crippen LogP contribution in [0.25, 0.3) is 0 Å². The van der Waals surface area contributed by atoms with Crippen LogP contribution in [0.1, 0.15) is 31.2 Å². The standard InChI is InChI=1S/C20H26N2O3/c1-2-25-19-11-7-6-10-18(19)22-20(24)21-14-12-17(13-15-23)16-8-4-3-5-9-16/h3-11,17,23H,2,12-15H2,1H3,(H2,21,22,24)/t17-/m0/s1. The predicted molar refractivity (Wildman–Crippen MR) is 100 cm³/mol. The lowest BCUT2D eigenvalue weighted by Gasteiger charge is -2.17. The molecule has 5 heteroatoms. The van der Waals surface area contributed by atoms with E-state index in [1.165, 1.54) is 5.56 Å².